The van der Waals surface area contributed by atoms with Gasteiger partial charge in [-0.1, -0.05) is 0 Å². The number of carbonyl (C=O) groups is 1. The Morgan fingerprint density at radius 1 is 1.19 bits per heavy atom. The van der Waals surface area contributed by atoms with Gasteiger partial charge in [0.1, 0.15) is 0 Å². The van der Waals surface area contributed by atoms with Crippen LogP contribution in [0, 0.1) is 0 Å². The molecule has 2 rings (SSSR count). The van der Waals surface area contributed by atoms with E-state index in [-0.39, 0.29) is 31.2 Å². The van der Waals surface area contributed by atoms with Gasteiger partial charge in [-0.3, -0.25) is 4.79 Å². The van der Waals surface area contributed by atoms with E-state index in [0.717, 1.165) is 12.1 Å². The number of nitrogens with zero attached hydrogens (tertiary/aromatic N) is 3. The number of sulfonamides is 1. The van der Waals surface area contributed by atoms with Crippen LogP contribution in [0.2, 0.25) is 0 Å². The fourth-order valence-electron chi connectivity index (χ4n) is 2.76. The van der Waals surface area contributed by atoms with E-state index in [2.05, 4.69) is 0 Å². The fraction of sp³-hybridized carbons (Fsp3) is 0.533. The number of hydrogen-bond acceptors (Lipinski definition) is 5. The van der Waals surface area contributed by atoms with Crippen molar-refractivity contribution in [2.45, 2.75) is 11.1 Å². The first-order valence-corrected chi connectivity index (χ1v) is 9.35. The Hall–Kier alpha value is -1.85. The summed E-state index contributed by atoms with van der Waals surface area (Å²) in [7, 11) is -0.719. The highest BCUT2D eigenvalue weighted by Gasteiger charge is 2.36. The number of likely N-dealkylation sites (N-methyl/N-ethyl adjacent to an activating group) is 1. The second-order valence-electron chi connectivity index (χ2n) is 6.33. The van der Waals surface area contributed by atoms with E-state index in [0.29, 0.717) is 19.2 Å². The third-order valence-electron chi connectivity index (χ3n) is 4.03. The van der Waals surface area contributed by atoms with E-state index in [1.54, 1.807) is 23.9 Å². The standard InChI is InChI=1S/C15H21F3N4O3S/c1-20(2)10-14(23)22-7-5-21(6-8-22)13-4-3-11(26(19,24)25)9-12(13)15(16,17)18/h3-4,9H,5-8,10H2,1-2H3,(H2,19,24,25). The Morgan fingerprint density at radius 3 is 2.23 bits per heavy atom. The maximum absolute atomic E-state index is 13.4. The summed E-state index contributed by atoms with van der Waals surface area (Å²) in [5.41, 5.74) is -1.18. The Morgan fingerprint density at radius 2 is 1.77 bits per heavy atom. The molecule has 1 aliphatic rings. The SMILES string of the molecule is CN(C)CC(=O)N1CCN(c2ccc(S(N)(=O)=O)cc2C(F)(F)F)CC1. The van der Waals surface area contributed by atoms with Crippen molar-refractivity contribution in [3.8, 4) is 0 Å². The summed E-state index contributed by atoms with van der Waals surface area (Å²) in [6.07, 6.45) is -4.73. The molecule has 1 aliphatic heterocycles. The van der Waals surface area contributed by atoms with Crippen LogP contribution in [0.1, 0.15) is 5.56 Å². The van der Waals surface area contributed by atoms with Crippen molar-refractivity contribution in [3.05, 3.63) is 23.8 Å². The quantitative estimate of drug-likeness (QED) is 0.807. The van der Waals surface area contributed by atoms with E-state index in [4.69, 9.17) is 5.14 Å². The van der Waals surface area contributed by atoms with Gasteiger partial charge in [0.05, 0.1) is 17.0 Å². The summed E-state index contributed by atoms with van der Waals surface area (Å²) in [5.74, 6) is -0.0877. The molecule has 0 saturated carbocycles. The highest BCUT2D eigenvalue weighted by molar-refractivity contribution is 7.89. The van der Waals surface area contributed by atoms with Crippen LogP contribution < -0.4 is 10.0 Å². The average Bonchev–Trinajstić information content (AvgIpc) is 2.52. The number of amides is 1. The smallest absolute Gasteiger partial charge is 0.367 e. The third kappa shape index (κ3) is 4.86. The number of piperazine rings is 1. The Bertz CT molecular complexity index is 773. The van der Waals surface area contributed by atoms with Crippen molar-refractivity contribution >= 4 is 21.6 Å². The highest BCUT2D eigenvalue weighted by atomic mass is 32.2. The van der Waals surface area contributed by atoms with Crippen molar-refractivity contribution < 1.29 is 26.4 Å². The predicted octanol–water partition coefficient (Wildman–Crippen LogP) is 0.563. The van der Waals surface area contributed by atoms with Crippen molar-refractivity contribution in [3.63, 3.8) is 0 Å². The summed E-state index contributed by atoms with van der Waals surface area (Å²) in [6, 6.07) is 2.72. The minimum Gasteiger partial charge on any atom is -0.367 e. The summed E-state index contributed by atoms with van der Waals surface area (Å²) >= 11 is 0. The number of hydrogen-bond donors (Lipinski definition) is 1. The van der Waals surface area contributed by atoms with Gasteiger partial charge in [-0.05, 0) is 32.3 Å². The number of primary sulfonamides is 1. The van der Waals surface area contributed by atoms with E-state index in [9.17, 15) is 26.4 Å². The van der Waals surface area contributed by atoms with Gasteiger partial charge < -0.3 is 14.7 Å². The Kier molecular flexibility index (Phi) is 5.83. The van der Waals surface area contributed by atoms with Crippen LogP contribution in [0.25, 0.3) is 0 Å². The van der Waals surface area contributed by atoms with Crippen LogP contribution in [0.4, 0.5) is 18.9 Å². The van der Waals surface area contributed by atoms with Gasteiger partial charge >= 0.3 is 6.18 Å². The van der Waals surface area contributed by atoms with Crippen LogP contribution in [-0.4, -0.2) is 70.9 Å². The van der Waals surface area contributed by atoms with Crippen LogP contribution in [0.3, 0.4) is 0 Å². The van der Waals surface area contributed by atoms with Crippen molar-refractivity contribution in [1.82, 2.24) is 9.80 Å². The molecule has 26 heavy (non-hydrogen) atoms. The minimum absolute atomic E-state index is 0.0877. The molecule has 0 bridgehead atoms. The lowest BCUT2D eigenvalue weighted by molar-refractivity contribution is -0.137. The van der Waals surface area contributed by atoms with Crippen molar-refractivity contribution in [2.75, 3.05) is 51.7 Å². The number of benzene rings is 1. The second kappa shape index (κ2) is 7.41. The first kappa shape index (κ1) is 20.5. The van der Waals surface area contributed by atoms with Gasteiger partial charge in [0.15, 0.2) is 0 Å². The Balaban J connectivity index is 2.23. The maximum Gasteiger partial charge on any atom is 0.418 e. The van der Waals surface area contributed by atoms with Crippen molar-refractivity contribution in [1.29, 1.82) is 0 Å². The molecule has 1 heterocycles. The molecule has 1 saturated heterocycles. The predicted molar refractivity (Wildman–Crippen MR) is 90.2 cm³/mol. The van der Waals surface area contributed by atoms with E-state index >= 15 is 0 Å². The number of anilines is 1. The highest BCUT2D eigenvalue weighted by Crippen LogP contribution is 2.38. The lowest BCUT2D eigenvalue weighted by atomic mass is 10.1. The molecule has 1 aromatic rings. The van der Waals surface area contributed by atoms with Crippen LogP contribution >= 0.6 is 0 Å². The fourth-order valence-corrected chi connectivity index (χ4v) is 3.30. The zero-order valence-corrected chi connectivity index (χ0v) is 15.3. The van der Waals surface area contributed by atoms with Gasteiger partial charge in [-0.25, -0.2) is 13.6 Å². The monoisotopic (exact) mass is 394 g/mol. The van der Waals surface area contributed by atoms with Crippen LogP contribution in [0.15, 0.2) is 23.1 Å². The number of halogens is 3. The minimum atomic E-state index is -4.73. The van der Waals surface area contributed by atoms with Gasteiger partial charge in [-0.2, -0.15) is 13.2 Å². The molecule has 0 atom stereocenters. The molecule has 0 aliphatic carbocycles. The van der Waals surface area contributed by atoms with E-state index in [1.807, 2.05) is 0 Å². The topological polar surface area (TPSA) is 86.9 Å². The summed E-state index contributed by atoms with van der Waals surface area (Å²) in [4.78, 5) is 16.3. The van der Waals surface area contributed by atoms with Crippen LogP contribution in [0.5, 0.6) is 0 Å². The first-order chi connectivity index (χ1) is 11.9. The molecule has 146 valence electrons. The third-order valence-corrected chi connectivity index (χ3v) is 4.94. The average molecular weight is 394 g/mol. The zero-order valence-electron chi connectivity index (χ0n) is 14.5. The lowest BCUT2D eigenvalue weighted by Crippen LogP contribution is -2.51. The van der Waals surface area contributed by atoms with E-state index in [1.165, 1.54) is 4.90 Å². The molecule has 0 radical (unpaired) electrons. The lowest BCUT2D eigenvalue weighted by Gasteiger charge is -2.37. The van der Waals surface area contributed by atoms with Gasteiger partial charge in [0.25, 0.3) is 0 Å². The Labute approximate surface area is 150 Å². The van der Waals surface area contributed by atoms with Crippen molar-refractivity contribution in [2.24, 2.45) is 5.14 Å². The number of alkyl halides is 3. The summed E-state index contributed by atoms with van der Waals surface area (Å²) in [6.45, 7) is 1.26. The molecule has 7 nitrogen and oxygen atoms in total. The van der Waals surface area contributed by atoms with Crippen LogP contribution in [-0.2, 0) is 21.0 Å². The second-order valence-corrected chi connectivity index (χ2v) is 7.89. The zero-order chi connectivity index (χ0) is 19.7. The van der Waals surface area contributed by atoms with E-state index < -0.39 is 26.7 Å². The normalized spacial score (nSPS) is 16.3. The maximum atomic E-state index is 13.4. The van der Waals surface area contributed by atoms with Gasteiger partial charge in [0, 0.05) is 31.9 Å². The molecule has 1 amide bonds. The molecule has 0 unspecified atom stereocenters. The number of carbonyl (C=O) groups excluding carboxylic acids is 1. The molecule has 0 spiro atoms. The molecule has 1 fully saturated rings. The molecule has 2 N–H and O–H groups in total. The number of nitrogens with two attached hydrogens (primary N) is 1. The van der Waals surface area contributed by atoms with Gasteiger partial charge in [-0.15, -0.1) is 0 Å². The number of rotatable bonds is 4. The molecular formula is C15H21F3N4O3S. The largest absolute Gasteiger partial charge is 0.418 e. The molecule has 1 aromatic carbocycles. The summed E-state index contributed by atoms with van der Waals surface area (Å²) in [5, 5.41) is 4.93. The first-order valence-electron chi connectivity index (χ1n) is 7.81. The summed E-state index contributed by atoms with van der Waals surface area (Å²) < 4.78 is 62.9. The molecular weight excluding hydrogens is 373 g/mol. The molecule has 11 heteroatoms. The van der Waals surface area contributed by atoms with Gasteiger partial charge in [0.2, 0.25) is 15.9 Å². The molecule has 0 aromatic heterocycles.